The van der Waals surface area contributed by atoms with Crippen LogP contribution in [0.5, 0.6) is 0 Å². The summed E-state index contributed by atoms with van der Waals surface area (Å²) >= 11 is 0. The van der Waals surface area contributed by atoms with Crippen LogP contribution in [0, 0.1) is 16.8 Å². The summed E-state index contributed by atoms with van der Waals surface area (Å²) in [6.45, 7) is 0. The van der Waals surface area contributed by atoms with E-state index in [2.05, 4.69) is 5.10 Å². The lowest BCUT2D eigenvalue weighted by molar-refractivity contribution is -0.606. The average molecular weight is 331 g/mol. The molecule has 7 heteroatoms. The van der Waals surface area contributed by atoms with Crippen molar-refractivity contribution in [2.45, 2.75) is 11.7 Å². The van der Waals surface area contributed by atoms with Gasteiger partial charge in [0.2, 0.25) is 6.33 Å². The van der Waals surface area contributed by atoms with Crippen LogP contribution in [0.1, 0.15) is 16.7 Å². The Morgan fingerprint density at radius 2 is 1.52 bits per heavy atom. The van der Waals surface area contributed by atoms with Gasteiger partial charge in [0.05, 0.1) is 15.7 Å². The van der Waals surface area contributed by atoms with Crippen LogP contribution >= 0.6 is 0 Å². The number of halogens is 2. The maximum absolute atomic E-state index is 13.2. The van der Waals surface area contributed by atoms with Crippen molar-refractivity contribution >= 4 is 9.52 Å². The summed E-state index contributed by atoms with van der Waals surface area (Å²) in [5, 5.41) is 15.1. The summed E-state index contributed by atoms with van der Waals surface area (Å²) in [5.41, 5.74) is 2.08. The Bertz CT molecular complexity index is 729. The number of rotatable bonds is 5. The Labute approximate surface area is 134 Å². The number of nitrogens with zero attached hydrogens (tertiary/aromatic N) is 3. The number of aromatic nitrogens is 3. The molecule has 4 nitrogen and oxygen atoms in total. The highest BCUT2D eigenvalue weighted by molar-refractivity contribution is 6.37. The first-order valence-electron chi connectivity index (χ1n) is 7.24. The monoisotopic (exact) mass is 331 g/mol. The first-order chi connectivity index (χ1) is 11.1. The van der Waals surface area contributed by atoms with Gasteiger partial charge >= 0.3 is 0 Å². The van der Waals surface area contributed by atoms with Gasteiger partial charge in [-0.1, -0.05) is 24.3 Å². The predicted octanol–water partition coefficient (Wildman–Crippen LogP) is 1.71. The Hall–Kier alpha value is -2.54. The molecular formula is C16H15F2N3OSi. The van der Waals surface area contributed by atoms with E-state index in [1.807, 2.05) is 0 Å². The molecule has 1 heterocycles. The lowest BCUT2D eigenvalue weighted by atomic mass is 10.0. The summed E-state index contributed by atoms with van der Waals surface area (Å²) in [4.78, 5) is 0. The highest BCUT2D eigenvalue weighted by Crippen LogP contribution is 2.24. The van der Waals surface area contributed by atoms with E-state index in [0.29, 0.717) is 10.9 Å². The average Bonchev–Trinajstić information content (AvgIpc) is 2.96. The zero-order valence-corrected chi connectivity index (χ0v) is 13.7. The Kier molecular flexibility index (Phi) is 4.47. The number of benzene rings is 2. The molecule has 0 saturated carbocycles. The maximum atomic E-state index is 13.2. The molecule has 0 aliphatic carbocycles. The third-order valence-electron chi connectivity index (χ3n) is 3.75. The lowest BCUT2D eigenvalue weighted by Gasteiger charge is -2.16. The second-order valence-electron chi connectivity index (χ2n) is 5.31. The molecule has 0 aliphatic heterocycles. The minimum Gasteiger partial charge on any atom is -0.740 e. The van der Waals surface area contributed by atoms with Crippen LogP contribution in [0.2, 0.25) is 0 Å². The van der Waals surface area contributed by atoms with Crippen molar-refractivity contribution in [1.29, 1.82) is 0 Å². The molecule has 0 radical (unpaired) electrons. The SMILES string of the molecule is [O-][n+]1cnn(C[SiH2]C(c2ccc(F)cc2)c2ccc(F)cc2)c1. The fourth-order valence-corrected chi connectivity index (χ4v) is 4.57. The van der Waals surface area contributed by atoms with E-state index in [0.717, 1.165) is 11.1 Å². The van der Waals surface area contributed by atoms with Gasteiger partial charge in [0, 0.05) is 10.6 Å². The fraction of sp³-hybridized carbons (Fsp3) is 0.125. The van der Waals surface area contributed by atoms with Gasteiger partial charge in [0.25, 0.3) is 6.33 Å². The topological polar surface area (TPSA) is 44.8 Å². The molecule has 0 spiro atoms. The normalized spacial score (nSPS) is 11.6. The Morgan fingerprint density at radius 3 is 1.96 bits per heavy atom. The summed E-state index contributed by atoms with van der Waals surface area (Å²) in [5.74, 6) is -0.569. The van der Waals surface area contributed by atoms with Gasteiger partial charge in [-0.05, 0) is 35.4 Å². The van der Waals surface area contributed by atoms with E-state index in [-0.39, 0.29) is 17.2 Å². The minimum atomic E-state index is -0.777. The fourth-order valence-electron chi connectivity index (χ4n) is 2.60. The van der Waals surface area contributed by atoms with Crippen LogP contribution in [0.4, 0.5) is 8.78 Å². The van der Waals surface area contributed by atoms with Crippen molar-refractivity contribution in [3.05, 3.63) is 89.2 Å². The van der Waals surface area contributed by atoms with Gasteiger partial charge in [-0.3, -0.25) is 4.73 Å². The standard InChI is InChI=1S/C16H15F2N3OSi/c17-14-5-1-12(2-6-14)16(13-3-7-15(18)8-4-13)23-11-20-10-21(22)9-19-20/h1-10,16H,11,23H2. The zero-order valence-electron chi connectivity index (χ0n) is 12.3. The van der Waals surface area contributed by atoms with E-state index in [1.165, 1.54) is 36.9 Å². The van der Waals surface area contributed by atoms with Gasteiger partial charge in [0.15, 0.2) is 0 Å². The highest BCUT2D eigenvalue weighted by Gasteiger charge is 2.17. The largest absolute Gasteiger partial charge is 0.740 e. The van der Waals surface area contributed by atoms with Crippen LogP contribution in [-0.2, 0) is 6.17 Å². The van der Waals surface area contributed by atoms with E-state index in [9.17, 15) is 14.0 Å². The molecular weight excluding hydrogens is 316 g/mol. The molecule has 0 fully saturated rings. The second kappa shape index (κ2) is 6.70. The van der Waals surface area contributed by atoms with E-state index < -0.39 is 9.52 Å². The van der Waals surface area contributed by atoms with Crippen molar-refractivity contribution in [1.82, 2.24) is 9.78 Å². The second-order valence-corrected chi connectivity index (χ2v) is 7.15. The van der Waals surface area contributed by atoms with Crippen molar-refractivity contribution < 1.29 is 13.5 Å². The van der Waals surface area contributed by atoms with Crippen molar-refractivity contribution in [2.24, 2.45) is 0 Å². The summed E-state index contributed by atoms with van der Waals surface area (Å²) in [6, 6.07) is 12.7. The molecule has 118 valence electrons. The molecule has 0 bridgehead atoms. The highest BCUT2D eigenvalue weighted by atomic mass is 28.2. The van der Waals surface area contributed by atoms with Gasteiger partial charge < -0.3 is 5.21 Å². The van der Waals surface area contributed by atoms with Gasteiger partial charge in [-0.15, -0.1) is 4.68 Å². The van der Waals surface area contributed by atoms with Crippen molar-refractivity contribution in [3.8, 4) is 0 Å². The van der Waals surface area contributed by atoms with Crippen molar-refractivity contribution in [3.63, 3.8) is 0 Å². The van der Waals surface area contributed by atoms with Gasteiger partial charge in [-0.25, -0.2) is 8.78 Å². The quantitative estimate of drug-likeness (QED) is 0.406. The molecule has 0 atom stereocenters. The third-order valence-corrected chi connectivity index (χ3v) is 5.99. The van der Waals surface area contributed by atoms with Crippen LogP contribution in [0.3, 0.4) is 0 Å². The van der Waals surface area contributed by atoms with Gasteiger partial charge in [0.1, 0.15) is 11.6 Å². The first kappa shape index (κ1) is 15.4. The first-order valence-corrected chi connectivity index (χ1v) is 9.05. The lowest BCUT2D eigenvalue weighted by Crippen LogP contribution is -2.22. The van der Waals surface area contributed by atoms with Gasteiger partial charge in [-0.2, -0.15) is 0 Å². The molecule has 0 N–H and O–H groups in total. The maximum Gasteiger partial charge on any atom is 0.265 e. The summed E-state index contributed by atoms with van der Waals surface area (Å²) in [6.07, 6.45) is 3.26. The Morgan fingerprint density at radius 1 is 1.00 bits per heavy atom. The van der Waals surface area contributed by atoms with Crippen LogP contribution in [0.25, 0.3) is 0 Å². The molecule has 0 aliphatic rings. The predicted molar refractivity (Wildman–Crippen MR) is 84.4 cm³/mol. The van der Waals surface area contributed by atoms with Crippen LogP contribution < -0.4 is 4.73 Å². The third kappa shape index (κ3) is 3.81. The molecule has 1 aromatic heterocycles. The summed E-state index contributed by atoms with van der Waals surface area (Å²) in [7, 11) is -0.777. The minimum absolute atomic E-state index is 0.0977. The van der Waals surface area contributed by atoms with E-state index >= 15 is 0 Å². The molecule has 0 saturated heterocycles. The van der Waals surface area contributed by atoms with Crippen molar-refractivity contribution in [2.75, 3.05) is 0 Å². The summed E-state index contributed by atoms with van der Waals surface area (Å²) < 4.78 is 28.6. The molecule has 3 aromatic rings. The van der Waals surface area contributed by atoms with Crippen LogP contribution in [0.15, 0.2) is 61.2 Å². The Balaban J connectivity index is 1.86. The number of hydrogen-bond donors (Lipinski definition) is 0. The molecule has 23 heavy (non-hydrogen) atoms. The smallest absolute Gasteiger partial charge is 0.265 e. The van der Waals surface area contributed by atoms with E-state index in [4.69, 9.17) is 0 Å². The van der Waals surface area contributed by atoms with E-state index in [1.54, 1.807) is 28.9 Å². The van der Waals surface area contributed by atoms with Crippen LogP contribution in [-0.4, -0.2) is 19.3 Å². The molecule has 0 unspecified atom stereocenters. The number of hydrogen-bond acceptors (Lipinski definition) is 2. The molecule has 3 rings (SSSR count). The zero-order chi connectivity index (χ0) is 16.2. The molecule has 2 aromatic carbocycles. The molecule has 0 amide bonds.